The van der Waals surface area contributed by atoms with Crippen LogP contribution in [0.5, 0.6) is 0 Å². The van der Waals surface area contributed by atoms with Gasteiger partial charge in [-0.2, -0.15) is 0 Å². The van der Waals surface area contributed by atoms with Crippen molar-refractivity contribution in [3.63, 3.8) is 0 Å². The number of hydrogen-bond acceptors (Lipinski definition) is 5. The van der Waals surface area contributed by atoms with E-state index >= 15 is 0 Å². The van der Waals surface area contributed by atoms with Crippen molar-refractivity contribution in [2.45, 2.75) is 11.2 Å². The minimum atomic E-state index is -2.12. The normalized spacial score (nSPS) is 26.8. The fourth-order valence-electron chi connectivity index (χ4n) is 7.28. The quantitative estimate of drug-likeness (QED) is 0.132. The van der Waals surface area contributed by atoms with Crippen molar-refractivity contribution in [2.24, 2.45) is 0 Å². The van der Waals surface area contributed by atoms with Crippen molar-refractivity contribution in [1.82, 2.24) is 0 Å². The third-order valence-corrected chi connectivity index (χ3v) is 10.6. The Morgan fingerprint density at radius 3 is 1.07 bits per heavy atom. The van der Waals surface area contributed by atoms with Gasteiger partial charge in [0.15, 0.2) is 19.6 Å². The zero-order valence-electron chi connectivity index (χ0n) is 21.2. The first-order chi connectivity index (χ1) is 19.1. The van der Waals surface area contributed by atoms with Gasteiger partial charge in [-0.3, -0.25) is 9.05 Å². The van der Waals surface area contributed by atoms with Crippen LogP contribution in [0, 0.1) is 0 Å². The van der Waals surface area contributed by atoms with Crippen LogP contribution >= 0.6 is 17.0 Å². The summed E-state index contributed by atoms with van der Waals surface area (Å²) in [6.07, 6.45) is 0.884. The minimum absolute atomic E-state index is 0. The Labute approximate surface area is 257 Å². The molecule has 0 amide bonds. The van der Waals surface area contributed by atoms with E-state index in [1.165, 1.54) is 43.1 Å². The fraction of sp³-hybridized carbons (Fsp3) is 0.125. The van der Waals surface area contributed by atoms with E-state index in [4.69, 9.17) is 13.9 Å². The summed E-state index contributed by atoms with van der Waals surface area (Å²) < 4.78 is 18.0. The molecule has 1 unspecified atom stereocenters. The summed E-state index contributed by atoms with van der Waals surface area (Å²) in [5, 5.41) is 9.41. The predicted octanol–water partition coefficient (Wildman–Crippen LogP) is 7.70. The van der Waals surface area contributed by atoms with Crippen LogP contribution in [0.25, 0.3) is 43.1 Å². The second kappa shape index (κ2) is 9.06. The van der Waals surface area contributed by atoms with Gasteiger partial charge in [0.05, 0.1) is 6.61 Å². The van der Waals surface area contributed by atoms with E-state index in [0.717, 1.165) is 35.0 Å². The first-order valence-corrected chi connectivity index (χ1v) is 15.5. The zero-order chi connectivity index (χ0) is 25.9. The molecule has 2 saturated heterocycles. The Balaban J connectivity index is 0.000000373. The SMILES string of the molecule is OP1CCO1.OP1OC23c4cccc5ccc6cccc(c6c45)C2(O1)c1cccc2ccc4cccc3c4c12.[Y]. The molecule has 6 aromatic rings. The van der Waals surface area contributed by atoms with Gasteiger partial charge in [-0.25, -0.2) is 0 Å². The summed E-state index contributed by atoms with van der Waals surface area (Å²) in [6, 6.07) is 34.4. The molecule has 2 heterocycles. The van der Waals surface area contributed by atoms with Crippen LogP contribution in [0.3, 0.4) is 0 Å². The third kappa shape index (κ3) is 3.04. The van der Waals surface area contributed by atoms with Crippen LogP contribution in [-0.4, -0.2) is 22.6 Å². The molecule has 0 bridgehead atoms. The van der Waals surface area contributed by atoms with Crippen molar-refractivity contribution in [3.05, 3.63) is 119 Å². The molecule has 193 valence electrons. The van der Waals surface area contributed by atoms with Crippen LogP contribution in [0.1, 0.15) is 22.3 Å². The monoisotopic (exact) mass is 637 g/mol. The van der Waals surface area contributed by atoms with Gasteiger partial charge in [-0.1, -0.05) is 97.1 Å². The maximum Gasteiger partial charge on any atom is 0.332 e. The first kappa shape index (κ1) is 25.8. The van der Waals surface area contributed by atoms with Crippen LogP contribution in [0.15, 0.2) is 97.1 Å². The van der Waals surface area contributed by atoms with Gasteiger partial charge in [0.25, 0.3) is 0 Å². The molecule has 2 aliphatic carbocycles. The maximum atomic E-state index is 11.2. The minimum Gasteiger partial charge on any atom is -0.350 e. The molecule has 0 aromatic heterocycles. The van der Waals surface area contributed by atoms with Gasteiger partial charge < -0.3 is 14.3 Å². The smallest absolute Gasteiger partial charge is 0.332 e. The van der Waals surface area contributed by atoms with E-state index < -0.39 is 28.2 Å². The Morgan fingerprint density at radius 2 is 0.825 bits per heavy atom. The molecule has 10 rings (SSSR count). The van der Waals surface area contributed by atoms with E-state index in [9.17, 15) is 4.89 Å². The molecule has 6 aromatic carbocycles. The average Bonchev–Trinajstić information content (AvgIpc) is 3.30. The Morgan fingerprint density at radius 1 is 0.525 bits per heavy atom. The molecule has 8 heteroatoms. The maximum absolute atomic E-state index is 11.2. The number of hydrogen-bond donors (Lipinski definition) is 2. The van der Waals surface area contributed by atoms with E-state index in [0.29, 0.717) is 0 Å². The summed E-state index contributed by atoms with van der Waals surface area (Å²) in [4.78, 5) is 19.5. The van der Waals surface area contributed by atoms with Crippen molar-refractivity contribution in [3.8, 4) is 0 Å². The van der Waals surface area contributed by atoms with E-state index in [1.54, 1.807) is 0 Å². The molecule has 5 nitrogen and oxygen atoms in total. The predicted molar refractivity (Wildman–Crippen MR) is 156 cm³/mol. The molecule has 2 N–H and O–H groups in total. The number of benzene rings is 6. The molecular formula is C32H22O5P2Y. The van der Waals surface area contributed by atoms with Crippen LogP contribution in [0.2, 0.25) is 0 Å². The summed E-state index contributed by atoms with van der Waals surface area (Å²) >= 11 is 0. The molecule has 0 saturated carbocycles. The van der Waals surface area contributed by atoms with Crippen molar-refractivity contribution < 1.29 is 56.1 Å². The molecule has 2 aliphatic heterocycles. The molecule has 4 aliphatic rings. The number of rotatable bonds is 0. The Bertz CT molecular complexity index is 1760. The summed E-state index contributed by atoms with van der Waals surface area (Å²) in [6.45, 7) is 0.766. The zero-order valence-corrected chi connectivity index (χ0v) is 25.9. The van der Waals surface area contributed by atoms with Gasteiger partial charge in [-0.05, 0) is 43.1 Å². The molecule has 1 radical (unpaired) electrons. The Hall–Kier alpha value is -1.88. The van der Waals surface area contributed by atoms with E-state index in [-0.39, 0.29) is 32.7 Å². The summed E-state index contributed by atoms with van der Waals surface area (Å²) in [5.74, 6) is 0. The largest absolute Gasteiger partial charge is 0.350 e. The Kier molecular flexibility index (Phi) is 5.84. The van der Waals surface area contributed by atoms with Gasteiger partial charge in [0, 0.05) is 61.1 Å². The average molecular weight is 637 g/mol. The fourth-order valence-corrected chi connectivity index (χ4v) is 8.79. The molecule has 40 heavy (non-hydrogen) atoms. The van der Waals surface area contributed by atoms with Crippen LogP contribution in [0.4, 0.5) is 0 Å². The van der Waals surface area contributed by atoms with Gasteiger partial charge in [0.2, 0.25) is 0 Å². The van der Waals surface area contributed by atoms with Gasteiger partial charge in [0.1, 0.15) is 0 Å². The topological polar surface area (TPSA) is 68.2 Å². The van der Waals surface area contributed by atoms with Crippen LogP contribution < -0.4 is 0 Å². The van der Waals surface area contributed by atoms with Crippen LogP contribution in [-0.2, 0) is 57.5 Å². The third-order valence-electron chi connectivity index (χ3n) is 8.74. The molecule has 0 spiro atoms. The van der Waals surface area contributed by atoms with E-state index in [1.807, 2.05) is 0 Å². The summed E-state index contributed by atoms with van der Waals surface area (Å²) in [5.41, 5.74) is 2.27. The van der Waals surface area contributed by atoms with Gasteiger partial charge in [-0.15, -0.1) is 0 Å². The molecule has 1 atom stereocenters. The molecule has 2 fully saturated rings. The van der Waals surface area contributed by atoms with E-state index in [2.05, 4.69) is 102 Å². The van der Waals surface area contributed by atoms with Crippen molar-refractivity contribution >= 4 is 60.1 Å². The standard InChI is InChI=1S/C30H17O3P.C2H5O2P.Y/c31-34-32-29-21-9-1-5-17-13-14-18-6-3-11-23(26(18)25(17)21)30(29,33-34)24-12-4-8-20-16-15-19-7-2-10-22(29)27(19)28(20)24;3-5-2-1-4-5;/h1-16,31H;3H,1-2H2;. The van der Waals surface area contributed by atoms with Crippen molar-refractivity contribution in [1.29, 1.82) is 0 Å². The first-order valence-electron chi connectivity index (χ1n) is 13.0. The van der Waals surface area contributed by atoms with Gasteiger partial charge >= 0.3 is 8.60 Å². The van der Waals surface area contributed by atoms with Crippen molar-refractivity contribution in [2.75, 3.05) is 12.8 Å². The second-order valence-electron chi connectivity index (χ2n) is 10.4. The molecular weight excluding hydrogens is 615 g/mol. The summed E-state index contributed by atoms with van der Waals surface area (Å²) in [7, 11) is -3.04. The second-order valence-corrected chi connectivity index (χ2v) is 12.7.